The first kappa shape index (κ1) is 26.2. The number of nitrogens with one attached hydrogen (secondary N) is 1. The van der Waals surface area contributed by atoms with Gasteiger partial charge in [0.15, 0.2) is 5.43 Å². The van der Waals surface area contributed by atoms with Crippen LogP contribution < -0.4 is 19.6 Å². The van der Waals surface area contributed by atoms with Crippen molar-refractivity contribution in [1.29, 1.82) is 0 Å². The summed E-state index contributed by atoms with van der Waals surface area (Å²) in [6.45, 7) is 1.85. The number of fused-ring (bicyclic) bond motifs is 1. The van der Waals surface area contributed by atoms with Crippen molar-refractivity contribution in [1.82, 2.24) is 4.98 Å². The number of halogens is 4. The molecule has 5 aromatic rings. The summed E-state index contributed by atoms with van der Waals surface area (Å²) < 4.78 is 51.8. The van der Waals surface area contributed by atoms with Gasteiger partial charge < -0.3 is 19.2 Å². The second kappa shape index (κ2) is 10.4. The Balaban J connectivity index is 1.34. The average Bonchev–Trinajstić information content (AvgIpc) is 2.90. The Kier molecular flexibility index (Phi) is 6.97. The fourth-order valence-electron chi connectivity index (χ4n) is 4.31. The van der Waals surface area contributed by atoms with Crippen LogP contribution in [0.5, 0.6) is 23.0 Å². The van der Waals surface area contributed by atoms with Gasteiger partial charge in [-0.1, -0.05) is 48.0 Å². The zero-order valence-electron chi connectivity index (χ0n) is 20.7. The van der Waals surface area contributed by atoms with Crippen LogP contribution in [0.25, 0.3) is 33.2 Å². The molecule has 0 bridgehead atoms. The summed E-state index contributed by atoms with van der Waals surface area (Å²) in [5.74, 6) is 1.06. The van der Waals surface area contributed by atoms with E-state index in [1.807, 2.05) is 43.3 Å². The maximum Gasteiger partial charge on any atom is 0.573 e. The lowest BCUT2D eigenvalue weighted by atomic mass is 9.98. The molecule has 0 saturated heterocycles. The Hall–Kier alpha value is -4.43. The van der Waals surface area contributed by atoms with Crippen LogP contribution in [-0.4, -0.2) is 18.5 Å². The molecule has 4 aromatic carbocycles. The van der Waals surface area contributed by atoms with Gasteiger partial charge in [0.2, 0.25) is 0 Å². The number of H-pyrrole nitrogens is 1. The molecule has 9 heteroatoms. The van der Waals surface area contributed by atoms with E-state index >= 15 is 0 Å². The molecular formula is C30H21ClF3NO4. The number of hydrogen-bond donors (Lipinski definition) is 1. The van der Waals surface area contributed by atoms with Crippen molar-refractivity contribution in [3.05, 3.63) is 106 Å². The summed E-state index contributed by atoms with van der Waals surface area (Å²) >= 11 is 6.26. The number of aromatic amines is 1. The van der Waals surface area contributed by atoms with Gasteiger partial charge in [0, 0.05) is 22.7 Å². The van der Waals surface area contributed by atoms with Gasteiger partial charge in [0.1, 0.15) is 23.0 Å². The highest BCUT2D eigenvalue weighted by Gasteiger charge is 2.31. The Morgan fingerprint density at radius 3 is 1.85 bits per heavy atom. The molecule has 39 heavy (non-hydrogen) atoms. The van der Waals surface area contributed by atoms with Crippen molar-refractivity contribution >= 4 is 22.5 Å². The third-order valence-corrected chi connectivity index (χ3v) is 6.41. The Morgan fingerprint density at radius 1 is 0.769 bits per heavy atom. The lowest BCUT2D eigenvalue weighted by Crippen LogP contribution is -2.16. The number of aromatic nitrogens is 1. The maximum atomic E-state index is 13.3. The van der Waals surface area contributed by atoms with Crippen LogP contribution in [0, 0.1) is 6.92 Å². The molecule has 0 unspecified atom stereocenters. The summed E-state index contributed by atoms with van der Waals surface area (Å²) in [7, 11) is 1.52. The van der Waals surface area contributed by atoms with Crippen molar-refractivity contribution in [2.45, 2.75) is 13.3 Å². The van der Waals surface area contributed by atoms with Gasteiger partial charge in [-0.25, -0.2) is 0 Å². The van der Waals surface area contributed by atoms with Crippen LogP contribution >= 0.6 is 11.6 Å². The molecule has 1 aromatic heterocycles. The van der Waals surface area contributed by atoms with E-state index in [4.69, 9.17) is 21.1 Å². The second-order valence-electron chi connectivity index (χ2n) is 8.71. The molecule has 0 aliphatic rings. The summed E-state index contributed by atoms with van der Waals surface area (Å²) in [5.41, 5.74) is 4.43. The van der Waals surface area contributed by atoms with E-state index in [9.17, 15) is 18.0 Å². The van der Waals surface area contributed by atoms with Crippen molar-refractivity contribution in [2.75, 3.05) is 7.11 Å². The minimum atomic E-state index is -4.75. The predicted molar refractivity (Wildman–Crippen MR) is 145 cm³/mol. The first-order valence-corrected chi connectivity index (χ1v) is 12.1. The highest BCUT2D eigenvalue weighted by Crippen LogP contribution is 2.32. The van der Waals surface area contributed by atoms with Crippen LogP contribution in [0.1, 0.15) is 5.69 Å². The molecule has 0 radical (unpaired) electrons. The number of hydrogen-bond acceptors (Lipinski definition) is 4. The Morgan fingerprint density at radius 2 is 1.28 bits per heavy atom. The van der Waals surface area contributed by atoms with Crippen molar-refractivity contribution in [3.8, 4) is 45.3 Å². The monoisotopic (exact) mass is 551 g/mol. The van der Waals surface area contributed by atoms with Crippen molar-refractivity contribution in [3.63, 3.8) is 0 Å². The van der Waals surface area contributed by atoms with Gasteiger partial charge in [-0.15, -0.1) is 13.2 Å². The molecular weight excluding hydrogens is 531 g/mol. The summed E-state index contributed by atoms with van der Waals surface area (Å²) in [6.07, 6.45) is -4.75. The molecule has 1 heterocycles. The standard InChI is InChI=1S/C30H21ClF3NO4/c1-17-28(29(36)24-15-25(31)27(37-2)16-26(24)35-17)20-5-3-18(4-6-20)19-7-9-21(10-8-19)38-22-11-13-23(14-12-22)39-30(32,33)34/h3-16H,1-2H3,(H,35,36). The largest absolute Gasteiger partial charge is 0.573 e. The highest BCUT2D eigenvalue weighted by molar-refractivity contribution is 6.32. The number of methoxy groups -OCH3 is 1. The first-order valence-electron chi connectivity index (χ1n) is 11.8. The molecule has 0 atom stereocenters. The molecule has 1 N–H and O–H groups in total. The quantitative estimate of drug-likeness (QED) is 0.230. The lowest BCUT2D eigenvalue weighted by molar-refractivity contribution is -0.274. The van der Waals surface area contributed by atoms with E-state index in [0.717, 1.165) is 22.4 Å². The zero-order valence-corrected chi connectivity index (χ0v) is 21.5. The molecule has 0 aliphatic carbocycles. The van der Waals surface area contributed by atoms with E-state index in [-0.39, 0.29) is 11.2 Å². The molecule has 0 spiro atoms. The normalized spacial score (nSPS) is 11.4. The SMILES string of the molecule is COc1cc2[nH]c(C)c(-c3ccc(-c4ccc(Oc5ccc(OC(F)(F)F)cc5)cc4)cc3)c(=O)c2cc1Cl. The van der Waals surface area contributed by atoms with Crippen LogP contribution in [0.3, 0.4) is 0 Å². The van der Waals surface area contributed by atoms with Gasteiger partial charge in [-0.05, 0) is 66.1 Å². The number of alkyl halides is 3. The second-order valence-corrected chi connectivity index (χ2v) is 9.12. The fourth-order valence-corrected chi connectivity index (χ4v) is 4.55. The van der Waals surface area contributed by atoms with E-state index in [2.05, 4.69) is 9.72 Å². The third-order valence-electron chi connectivity index (χ3n) is 6.12. The highest BCUT2D eigenvalue weighted by atomic mass is 35.5. The number of ether oxygens (including phenoxy) is 3. The molecule has 0 saturated carbocycles. The van der Waals surface area contributed by atoms with Gasteiger partial charge >= 0.3 is 6.36 Å². The molecule has 0 amide bonds. The zero-order chi connectivity index (χ0) is 27.7. The smallest absolute Gasteiger partial charge is 0.495 e. The summed E-state index contributed by atoms with van der Waals surface area (Å²) in [5, 5.41) is 0.837. The van der Waals surface area contributed by atoms with Crippen LogP contribution in [-0.2, 0) is 0 Å². The number of benzene rings is 4. The lowest BCUT2D eigenvalue weighted by Gasteiger charge is -2.12. The Labute approximate surface area is 226 Å². The van der Waals surface area contributed by atoms with E-state index in [0.29, 0.717) is 38.7 Å². The fraction of sp³-hybridized carbons (Fsp3) is 0.100. The third kappa shape index (κ3) is 5.71. The van der Waals surface area contributed by atoms with E-state index in [1.165, 1.54) is 31.4 Å². The van der Waals surface area contributed by atoms with Crippen molar-refractivity contribution in [2.24, 2.45) is 0 Å². The minimum absolute atomic E-state index is 0.127. The Bertz CT molecular complexity index is 1700. The predicted octanol–water partition coefficient (Wildman–Crippen LogP) is 8.52. The molecule has 5 nitrogen and oxygen atoms in total. The van der Waals surface area contributed by atoms with Gasteiger partial charge in [0.05, 0.1) is 17.6 Å². The van der Waals surface area contributed by atoms with Crippen LogP contribution in [0.2, 0.25) is 5.02 Å². The molecule has 198 valence electrons. The average molecular weight is 552 g/mol. The number of pyridine rings is 1. The molecule has 0 aliphatic heterocycles. The van der Waals surface area contributed by atoms with Crippen LogP contribution in [0.4, 0.5) is 13.2 Å². The topological polar surface area (TPSA) is 60.6 Å². The molecule has 5 rings (SSSR count). The number of rotatable bonds is 6. The van der Waals surface area contributed by atoms with Crippen LogP contribution in [0.15, 0.2) is 89.7 Å². The van der Waals surface area contributed by atoms with Crippen molar-refractivity contribution < 1.29 is 27.4 Å². The maximum absolute atomic E-state index is 13.3. The van der Waals surface area contributed by atoms with E-state index in [1.54, 1.807) is 24.3 Å². The summed E-state index contributed by atoms with van der Waals surface area (Å²) in [6, 6.07) is 23.4. The number of aryl methyl sites for hydroxylation is 1. The van der Waals surface area contributed by atoms with Gasteiger partial charge in [0.25, 0.3) is 0 Å². The molecule has 0 fully saturated rings. The van der Waals surface area contributed by atoms with Gasteiger partial charge in [-0.3, -0.25) is 4.79 Å². The first-order chi connectivity index (χ1) is 18.6. The van der Waals surface area contributed by atoms with E-state index < -0.39 is 6.36 Å². The van der Waals surface area contributed by atoms with Gasteiger partial charge in [-0.2, -0.15) is 0 Å². The summed E-state index contributed by atoms with van der Waals surface area (Å²) in [4.78, 5) is 16.6. The minimum Gasteiger partial charge on any atom is -0.495 e.